The summed E-state index contributed by atoms with van der Waals surface area (Å²) in [6.07, 6.45) is 3.42. The number of hydrogen-bond acceptors (Lipinski definition) is 5. The van der Waals surface area contributed by atoms with E-state index in [1.165, 1.54) is 12.1 Å². The van der Waals surface area contributed by atoms with Gasteiger partial charge >= 0.3 is 0 Å². The van der Waals surface area contributed by atoms with Crippen molar-refractivity contribution in [2.45, 2.75) is 25.7 Å². The highest BCUT2D eigenvalue weighted by atomic mass is 19.1. The summed E-state index contributed by atoms with van der Waals surface area (Å²) in [4.78, 5) is 24.3. The average Bonchev–Trinajstić information content (AvgIpc) is 3.30. The lowest BCUT2D eigenvalue weighted by Gasteiger charge is -2.33. The third-order valence-corrected chi connectivity index (χ3v) is 5.94. The predicted octanol–water partition coefficient (Wildman–Crippen LogP) is 5.27. The molecular formula is C26H23FN4O2. The van der Waals surface area contributed by atoms with E-state index in [0.29, 0.717) is 24.7 Å². The lowest BCUT2D eigenvalue weighted by Crippen LogP contribution is -2.39. The molecule has 1 amide bonds. The van der Waals surface area contributed by atoms with Crippen molar-refractivity contribution in [1.29, 1.82) is 0 Å². The molecule has 0 radical (unpaired) electrons. The molecule has 0 spiro atoms. The van der Waals surface area contributed by atoms with Gasteiger partial charge in [-0.15, -0.1) is 0 Å². The highest BCUT2D eigenvalue weighted by molar-refractivity contribution is 5.94. The molecule has 3 heterocycles. The number of nitrogens with zero attached hydrogens (tertiary/aromatic N) is 4. The Labute approximate surface area is 191 Å². The minimum Gasteiger partial charge on any atom is -0.356 e. The van der Waals surface area contributed by atoms with Crippen molar-refractivity contribution in [1.82, 2.24) is 20.0 Å². The lowest BCUT2D eigenvalue weighted by atomic mass is 9.90. The first-order valence-corrected chi connectivity index (χ1v) is 11.0. The Morgan fingerprint density at radius 2 is 1.91 bits per heavy atom. The number of benzene rings is 2. The first-order valence-electron chi connectivity index (χ1n) is 11.0. The zero-order valence-corrected chi connectivity index (χ0v) is 18.2. The third kappa shape index (κ3) is 4.26. The molecule has 1 fully saturated rings. The summed E-state index contributed by atoms with van der Waals surface area (Å²) in [5.41, 5.74) is 3.35. The summed E-state index contributed by atoms with van der Waals surface area (Å²) in [6.45, 7) is 2.89. The van der Waals surface area contributed by atoms with Crippen molar-refractivity contribution in [2.75, 3.05) is 13.1 Å². The lowest BCUT2D eigenvalue weighted by molar-refractivity contribution is 0.0701. The predicted molar refractivity (Wildman–Crippen MR) is 122 cm³/mol. The molecule has 1 aliphatic rings. The van der Waals surface area contributed by atoms with Gasteiger partial charge in [-0.1, -0.05) is 47.6 Å². The van der Waals surface area contributed by atoms with Crippen molar-refractivity contribution < 1.29 is 13.7 Å². The van der Waals surface area contributed by atoms with Gasteiger partial charge in [-0.05, 0) is 31.9 Å². The van der Waals surface area contributed by atoms with Gasteiger partial charge in [0.2, 0.25) is 0 Å². The van der Waals surface area contributed by atoms with E-state index in [1.807, 2.05) is 43.3 Å². The second-order valence-corrected chi connectivity index (χ2v) is 8.26. The Hall–Kier alpha value is -3.87. The van der Waals surface area contributed by atoms with Gasteiger partial charge in [-0.25, -0.2) is 14.4 Å². The van der Waals surface area contributed by atoms with Crippen LogP contribution in [0.2, 0.25) is 0 Å². The molecule has 1 aliphatic heterocycles. The number of piperidine rings is 1. The van der Waals surface area contributed by atoms with Gasteiger partial charge in [0.05, 0.1) is 22.5 Å². The monoisotopic (exact) mass is 442 g/mol. The van der Waals surface area contributed by atoms with Crippen molar-refractivity contribution >= 4 is 5.91 Å². The standard InChI is InChI=1S/C26H23FN4O2/c1-17-14-23(33-30-17)21-15-28-25(18-8-3-2-4-9-18)29-24(21)19-10-7-13-31(16-19)26(32)20-11-5-6-12-22(20)27/h2-6,8-9,11-12,14-15,19H,7,10,13,16H2,1H3. The van der Waals surface area contributed by atoms with Gasteiger partial charge in [-0.2, -0.15) is 0 Å². The van der Waals surface area contributed by atoms with E-state index in [9.17, 15) is 9.18 Å². The van der Waals surface area contributed by atoms with Crippen LogP contribution in [0.3, 0.4) is 0 Å². The number of aromatic nitrogens is 3. The fourth-order valence-corrected chi connectivity index (χ4v) is 4.30. The molecule has 0 aliphatic carbocycles. The van der Waals surface area contributed by atoms with E-state index in [0.717, 1.165) is 35.4 Å². The minimum absolute atomic E-state index is 0.0414. The van der Waals surface area contributed by atoms with Gasteiger partial charge in [0.15, 0.2) is 11.6 Å². The maximum absolute atomic E-state index is 14.3. The van der Waals surface area contributed by atoms with Gasteiger partial charge in [0.1, 0.15) is 5.82 Å². The molecule has 0 saturated carbocycles. The molecule has 6 nitrogen and oxygen atoms in total. The van der Waals surface area contributed by atoms with E-state index >= 15 is 0 Å². The van der Waals surface area contributed by atoms with Crippen LogP contribution in [0.25, 0.3) is 22.7 Å². The zero-order chi connectivity index (χ0) is 22.8. The molecule has 7 heteroatoms. The normalized spacial score (nSPS) is 16.1. The van der Waals surface area contributed by atoms with Gasteiger partial charge in [-0.3, -0.25) is 4.79 Å². The fraction of sp³-hybridized carbons (Fsp3) is 0.231. The van der Waals surface area contributed by atoms with Crippen LogP contribution in [-0.4, -0.2) is 39.0 Å². The first-order chi connectivity index (χ1) is 16.1. The Bertz CT molecular complexity index is 1290. The molecular weight excluding hydrogens is 419 g/mol. The molecule has 2 aromatic heterocycles. The molecule has 1 unspecified atom stereocenters. The maximum atomic E-state index is 14.3. The highest BCUT2D eigenvalue weighted by Gasteiger charge is 2.30. The van der Waals surface area contributed by atoms with E-state index in [4.69, 9.17) is 9.51 Å². The number of aryl methyl sites for hydroxylation is 1. The highest BCUT2D eigenvalue weighted by Crippen LogP contribution is 2.35. The summed E-state index contributed by atoms with van der Waals surface area (Å²) < 4.78 is 19.8. The van der Waals surface area contributed by atoms with Crippen LogP contribution in [0.5, 0.6) is 0 Å². The number of halogens is 1. The van der Waals surface area contributed by atoms with Crippen LogP contribution < -0.4 is 0 Å². The fourth-order valence-electron chi connectivity index (χ4n) is 4.30. The Kier molecular flexibility index (Phi) is 5.69. The van der Waals surface area contributed by atoms with E-state index in [2.05, 4.69) is 10.1 Å². The smallest absolute Gasteiger partial charge is 0.256 e. The minimum atomic E-state index is -0.504. The largest absolute Gasteiger partial charge is 0.356 e. The molecule has 2 aromatic carbocycles. The zero-order valence-electron chi connectivity index (χ0n) is 18.2. The average molecular weight is 442 g/mol. The Morgan fingerprint density at radius 1 is 1.12 bits per heavy atom. The van der Waals surface area contributed by atoms with E-state index in [-0.39, 0.29) is 17.4 Å². The Balaban J connectivity index is 1.52. The molecule has 1 saturated heterocycles. The van der Waals surface area contributed by atoms with E-state index < -0.39 is 5.82 Å². The molecule has 5 rings (SSSR count). The quantitative estimate of drug-likeness (QED) is 0.431. The summed E-state index contributed by atoms with van der Waals surface area (Å²) in [5, 5.41) is 4.02. The van der Waals surface area contributed by atoms with Crippen molar-refractivity contribution in [3.8, 4) is 22.7 Å². The molecule has 4 aromatic rings. The SMILES string of the molecule is Cc1cc(-c2cnc(-c3ccccc3)nc2C2CCCN(C(=O)c3ccccc3F)C2)on1. The second-order valence-electron chi connectivity index (χ2n) is 8.26. The number of hydrogen-bond donors (Lipinski definition) is 0. The maximum Gasteiger partial charge on any atom is 0.256 e. The Morgan fingerprint density at radius 3 is 2.67 bits per heavy atom. The molecule has 1 atom stereocenters. The number of carbonyl (C=O) groups is 1. The number of rotatable bonds is 4. The van der Waals surface area contributed by atoms with Gasteiger partial charge < -0.3 is 9.42 Å². The van der Waals surface area contributed by atoms with Crippen LogP contribution in [0.1, 0.15) is 40.5 Å². The number of amides is 1. The van der Waals surface area contributed by atoms with Crippen LogP contribution in [0, 0.1) is 12.7 Å². The number of carbonyl (C=O) groups excluding carboxylic acids is 1. The van der Waals surface area contributed by atoms with Gasteiger partial charge in [0.25, 0.3) is 5.91 Å². The third-order valence-electron chi connectivity index (χ3n) is 5.94. The number of likely N-dealkylation sites (tertiary alicyclic amines) is 1. The molecule has 0 N–H and O–H groups in total. The van der Waals surface area contributed by atoms with Crippen LogP contribution >= 0.6 is 0 Å². The van der Waals surface area contributed by atoms with Crippen molar-refractivity contribution in [3.05, 3.63) is 89.6 Å². The summed E-state index contributed by atoms with van der Waals surface area (Å²) in [5.74, 6) is 0.367. The van der Waals surface area contributed by atoms with Crippen molar-refractivity contribution in [2.24, 2.45) is 0 Å². The molecule has 33 heavy (non-hydrogen) atoms. The second kappa shape index (κ2) is 8.94. The van der Waals surface area contributed by atoms with Crippen LogP contribution in [0.4, 0.5) is 4.39 Å². The van der Waals surface area contributed by atoms with Crippen LogP contribution in [-0.2, 0) is 0 Å². The van der Waals surface area contributed by atoms with Gasteiger partial charge in [0, 0.05) is 36.8 Å². The van der Waals surface area contributed by atoms with Crippen LogP contribution in [0.15, 0.2) is 71.4 Å². The molecule has 166 valence electrons. The summed E-state index contributed by atoms with van der Waals surface area (Å²) in [7, 11) is 0. The topological polar surface area (TPSA) is 72.1 Å². The van der Waals surface area contributed by atoms with E-state index in [1.54, 1.807) is 23.2 Å². The summed E-state index contributed by atoms with van der Waals surface area (Å²) in [6, 6.07) is 17.7. The first kappa shape index (κ1) is 21.0. The van der Waals surface area contributed by atoms with Crippen molar-refractivity contribution in [3.63, 3.8) is 0 Å². The molecule has 0 bridgehead atoms. The summed E-state index contributed by atoms with van der Waals surface area (Å²) >= 11 is 0.